The van der Waals surface area contributed by atoms with Gasteiger partial charge < -0.3 is 14.8 Å². The molecule has 142 valence electrons. The fraction of sp³-hybridized carbons (Fsp3) is 0.579. The Balaban J connectivity index is 0.000000547. The maximum absolute atomic E-state index is 11.2. The Morgan fingerprint density at radius 3 is 2.20 bits per heavy atom. The zero-order chi connectivity index (χ0) is 19.2. The summed E-state index contributed by atoms with van der Waals surface area (Å²) in [5.41, 5.74) is 1.61. The standard InChI is InChI=1S/C12H15NO3.C7H16OS/c1-9(2)12(15)16-7-10-3-5-11(6-4-10)13-8-14;1-6(2)9-7(3)5-8-4/h3-6,8-9H,7H2,1-2H3,(H,13,14);6-7H,5H2,1-4H3. The summed E-state index contributed by atoms with van der Waals surface area (Å²) in [6, 6.07) is 7.12. The summed E-state index contributed by atoms with van der Waals surface area (Å²) >= 11 is 1.95. The van der Waals surface area contributed by atoms with Crippen LogP contribution in [0, 0.1) is 5.92 Å². The molecule has 1 unspecified atom stereocenters. The van der Waals surface area contributed by atoms with Crippen LogP contribution < -0.4 is 5.32 Å². The van der Waals surface area contributed by atoms with Gasteiger partial charge in [-0.1, -0.05) is 46.8 Å². The Kier molecular flexibility index (Phi) is 12.9. The van der Waals surface area contributed by atoms with Gasteiger partial charge in [-0.3, -0.25) is 9.59 Å². The van der Waals surface area contributed by atoms with Gasteiger partial charge in [-0.2, -0.15) is 11.8 Å². The van der Waals surface area contributed by atoms with Crippen molar-refractivity contribution >= 4 is 29.8 Å². The molecule has 25 heavy (non-hydrogen) atoms. The Hall–Kier alpha value is -1.53. The zero-order valence-corrected chi connectivity index (χ0v) is 16.9. The number of benzene rings is 1. The first-order valence-corrected chi connectivity index (χ1v) is 9.34. The van der Waals surface area contributed by atoms with Crippen molar-refractivity contribution in [2.24, 2.45) is 5.92 Å². The van der Waals surface area contributed by atoms with Crippen LogP contribution in [-0.4, -0.2) is 36.6 Å². The van der Waals surface area contributed by atoms with Crippen LogP contribution in [0.25, 0.3) is 0 Å². The third-order valence-electron chi connectivity index (χ3n) is 2.94. The predicted octanol–water partition coefficient (Wildman–Crippen LogP) is 4.12. The van der Waals surface area contributed by atoms with E-state index in [1.54, 1.807) is 45.2 Å². The van der Waals surface area contributed by atoms with Gasteiger partial charge in [0, 0.05) is 18.0 Å². The molecule has 0 bridgehead atoms. The number of rotatable bonds is 9. The number of amides is 1. The van der Waals surface area contributed by atoms with Gasteiger partial charge >= 0.3 is 5.97 Å². The number of hydrogen-bond donors (Lipinski definition) is 1. The maximum atomic E-state index is 11.2. The Morgan fingerprint density at radius 2 is 1.76 bits per heavy atom. The van der Waals surface area contributed by atoms with Gasteiger partial charge in [-0.15, -0.1) is 0 Å². The molecule has 0 aliphatic carbocycles. The van der Waals surface area contributed by atoms with Gasteiger partial charge in [0.15, 0.2) is 0 Å². The summed E-state index contributed by atoms with van der Waals surface area (Å²) in [5, 5.41) is 3.88. The minimum Gasteiger partial charge on any atom is -0.461 e. The number of hydrogen-bond acceptors (Lipinski definition) is 5. The molecule has 0 aliphatic rings. The van der Waals surface area contributed by atoms with Gasteiger partial charge in [0.25, 0.3) is 0 Å². The summed E-state index contributed by atoms with van der Waals surface area (Å²) in [6.45, 7) is 11.3. The van der Waals surface area contributed by atoms with Crippen molar-refractivity contribution in [3.63, 3.8) is 0 Å². The van der Waals surface area contributed by atoms with E-state index in [9.17, 15) is 9.59 Å². The highest BCUT2D eigenvalue weighted by molar-refractivity contribution is 8.00. The van der Waals surface area contributed by atoms with Gasteiger partial charge in [0.1, 0.15) is 6.61 Å². The third-order valence-corrected chi connectivity index (χ3v) is 4.08. The number of carbonyl (C=O) groups is 2. The van der Waals surface area contributed by atoms with Crippen LogP contribution in [0.3, 0.4) is 0 Å². The molecule has 1 aromatic carbocycles. The van der Waals surface area contributed by atoms with Crippen LogP contribution in [-0.2, 0) is 25.7 Å². The number of ether oxygens (including phenoxy) is 2. The first-order valence-electron chi connectivity index (χ1n) is 8.40. The molecule has 0 heterocycles. The highest BCUT2D eigenvalue weighted by Crippen LogP contribution is 2.16. The van der Waals surface area contributed by atoms with Crippen molar-refractivity contribution in [2.75, 3.05) is 19.0 Å². The summed E-state index contributed by atoms with van der Waals surface area (Å²) in [6.07, 6.45) is 0.619. The molecule has 0 aliphatic heterocycles. The van der Waals surface area contributed by atoms with E-state index in [1.165, 1.54) is 0 Å². The molecule has 1 aromatic rings. The van der Waals surface area contributed by atoms with Crippen LogP contribution in [0.5, 0.6) is 0 Å². The molecule has 0 fully saturated rings. The van der Waals surface area contributed by atoms with Crippen LogP contribution in [0.2, 0.25) is 0 Å². The fourth-order valence-corrected chi connectivity index (χ4v) is 2.97. The number of anilines is 1. The van der Waals surface area contributed by atoms with E-state index in [-0.39, 0.29) is 18.5 Å². The molecule has 5 nitrogen and oxygen atoms in total. The lowest BCUT2D eigenvalue weighted by molar-refractivity contribution is -0.148. The van der Waals surface area contributed by atoms with Crippen molar-refractivity contribution in [2.45, 2.75) is 51.7 Å². The minimum atomic E-state index is -0.213. The SMILES string of the molecule is CC(C)C(=O)OCc1ccc(NC=O)cc1.COCC(C)SC(C)C. The molecule has 1 rings (SSSR count). The van der Waals surface area contributed by atoms with Crippen LogP contribution >= 0.6 is 11.8 Å². The summed E-state index contributed by atoms with van der Waals surface area (Å²) in [5.74, 6) is -0.328. The Labute approximate surface area is 155 Å². The van der Waals surface area contributed by atoms with E-state index in [0.29, 0.717) is 17.3 Å². The topological polar surface area (TPSA) is 64.6 Å². The van der Waals surface area contributed by atoms with Crippen LogP contribution in [0.4, 0.5) is 5.69 Å². The fourth-order valence-electron chi connectivity index (χ4n) is 1.82. The Bertz CT molecular complexity index is 489. The molecule has 0 saturated heterocycles. The van der Waals surface area contributed by atoms with E-state index in [2.05, 4.69) is 26.1 Å². The number of methoxy groups -OCH3 is 1. The largest absolute Gasteiger partial charge is 0.461 e. The molecule has 1 N–H and O–H groups in total. The third kappa shape index (κ3) is 12.5. The van der Waals surface area contributed by atoms with Crippen LogP contribution in [0.15, 0.2) is 24.3 Å². The summed E-state index contributed by atoms with van der Waals surface area (Å²) in [4.78, 5) is 21.4. The molecular weight excluding hydrogens is 338 g/mol. The van der Waals surface area contributed by atoms with Gasteiger partial charge in [0.05, 0.1) is 12.5 Å². The second-order valence-corrected chi connectivity index (χ2v) is 8.19. The summed E-state index contributed by atoms with van der Waals surface area (Å²) in [7, 11) is 1.75. The zero-order valence-electron chi connectivity index (χ0n) is 16.1. The molecule has 1 atom stereocenters. The van der Waals surface area contributed by atoms with Gasteiger partial charge in [-0.25, -0.2) is 0 Å². The lowest BCUT2D eigenvalue weighted by atomic mass is 10.2. The van der Waals surface area contributed by atoms with Crippen molar-refractivity contribution in [1.82, 2.24) is 0 Å². The van der Waals surface area contributed by atoms with E-state index < -0.39 is 0 Å². The molecular formula is C19H31NO4S. The number of carbonyl (C=O) groups excluding carboxylic acids is 2. The van der Waals surface area contributed by atoms with Gasteiger partial charge in [0.2, 0.25) is 6.41 Å². The predicted molar refractivity (Wildman–Crippen MR) is 105 cm³/mol. The first-order chi connectivity index (χ1) is 11.8. The molecule has 0 aromatic heterocycles. The van der Waals surface area contributed by atoms with Crippen molar-refractivity contribution in [1.29, 1.82) is 0 Å². The smallest absolute Gasteiger partial charge is 0.308 e. The van der Waals surface area contributed by atoms with Gasteiger partial charge in [-0.05, 0) is 22.9 Å². The van der Waals surface area contributed by atoms with Crippen LogP contribution in [0.1, 0.15) is 40.2 Å². The average molecular weight is 370 g/mol. The molecule has 6 heteroatoms. The second-order valence-electron chi connectivity index (χ2n) is 6.17. The normalized spacial score (nSPS) is 11.5. The van der Waals surface area contributed by atoms with E-state index in [1.807, 2.05) is 11.8 Å². The minimum absolute atomic E-state index is 0.115. The monoisotopic (exact) mass is 369 g/mol. The number of nitrogens with one attached hydrogen (secondary N) is 1. The quantitative estimate of drug-likeness (QED) is 0.524. The van der Waals surface area contributed by atoms with Crippen molar-refractivity contribution < 1.29 is 19.1 Å². The lowest BCUT2D eigenvalue weighted by Gasteiger charge is -2.11. The van der Waals surface area contributed by atoms with E-state index >= 15 is 0 Å². The lowest BCUT2D eigenvalue weighted by Crippen LogP contribution is -2.11. The highest BCUT2D eigenvalue weighted by atomic mass is 32.2. The molecule has 0 spiro atoms. The average Bonchev–Trinajstić information content (AvgIpc) is 2.54. The van der Waals surface area contributed by atoms with Crippen molar-refractivity contribution in [3.05, 3.63) is 29.8 Å². The number of esters is 1. The maximum Gasteiger partial charge on any atom is 0.308 e. The molecule has 1 amide bonds. The Morgan fingerprint density at radius 1 is 1.16 bits per heavy atom. The second kappa shape index (κ2) is 13.7. The summed E-state index contributed by atoms with van der Waals surface area (Å²) < 4.78 is 10.0. The number of thioether (sulfide) groups is 1. The van der Waals surface area contributed by atoms with Crippen molar-refractivity contribution in [3.8, 4) is 0 Å². The molecule has 0 saturated carbocycles. The van der Waals surface area contributed by atoms with E-state index in [0.717, 1.165) is 17.4 Å². The molecule has 0 radical (unpaired) electrons. The van der Waals surface area contributed by atoms with E-state index in [4.69, 9.17) is 9.47 Å². The highest BCUT2D eigenvalue weighted by Gasteiger charge is 2.07. The first kappa shape index (κ1) is 23.5.